The fourth-order valence-electron chi connectivity index (χ4n) is 10.8. The van der Waals surface area contributed by atoms with Crippen molar-refractivity contribution in [3.05, 3.63) is 134 Å². The number of rotatable bonds is 62. The lowest BCUT2D eigenvalue weighted by molar-refractivity contribution is -0.302. The standard InChI is InChI=1S/C79H135NO8/c1-3-5-7-9-11-13-15-17-19-21-23-25-27-29-31-33-34-35-36-37-38-39-40-41-43-45-47-49-51-53-55-57-59-61-63-65-67-69-75(83)80-72(71-87-79-78(86)77(85)76(84)74(70-81)88-79)73(82)68-66-64-62-60-58-56-54-52-50-48-46-44-42-32-30-28-26-24-22-20-18-16-14-12-10-8-6-4-2/h5,7,11,13,17,19,23,25,29,31,34-35,37-38,40-41,45,47,51,53,66,68,72-74,76-79,81-82,84-86H,3-4,6,8-10,12,14-16,18,20-22,24,26-28,30,32-33,36,39,42-44,46,48-50,52,54-65,67,69-71H2,1-2H3,(H,80,83)/b7-5-,13-11-,19-17-,25-23-,31-29-,35-34-,38-37-,41-40-,47-45-,53-51-,68-66+. The Morgan fingerprint density at radius 1 is 0.398 bits per heavy atom. The highest BCUT2D eigenvalue weighted by molar-refractivity contribution is 5.76. The lowest BCUT2D eigenvalue weighted by atomic mass is 9.99. The first kappa shape index (κ1) is 82.3. The zero-order valence-corrected chi connectivity index (χ0v) is 56.4. The van der Waals surface area contributed by atoms with Gasteiger partial charge in [-0.1, -0.05) is 334 Å². The third-order valence-electron chi connectivity index (χ3n) is 16.5. The Hall–Kier alpha value is -3.67. The van der Waals surface area contributed by atoms with Crippen molar-refractivity contribution in [1.29, 1.82) is 0 Å². The number of carbonyl (C=O) groups is 1. The largest absolute Gasteiger partial charge is 0.394 e. The van der Waals surface area contributed by atoms with Gasteiger partial charge < -0.3 is 40.3 Å². The van der Waals surface area contributed by atoms with Gasteiger partial charge in [0.25, 0.3) is 0 Å². The van der Waals surface area contributed by atoms with Gasteiger partial charge in [0.05, 0.1) is 25.4 Å². The molecule has 0 aromatic heterocycles. The molecule has 0 bridgehead atoms. The molecule has 1 aliphatic heterocycles. The molecule has 1 fully saturated rings. The molecule has 0 saturated carbocycles. The normalized spacial score (nSPS) is 18.7. The molecule has 7 atom stereocenters. The van der Waals surface area contributed by atoms with Gasteiger partial charge in [0.1, 0.15) is 24.4 Å². The molecule has 88 heavy (non-hydrogen) atoms. The number of nitrogens with one attached hydrogen (secondary N) is 1. The molecule has 504 valence electrons. The number of ether oxygens (including phenoxy) is 2. The van der Waals surface area contributed by atoms with Crippen LogP contribution in [0.3, 0.4) is 0 Å². The third kappa shape index (κ3) is 54.1. The van der Waals surface area contributed by atoms with Gasteiger partial charge in [0.15, 0.2) is 6.29 Å². The first-order valence-electron chi connectivity index (χ1n) is 36.4. The minimum atomic E-state index is -1.58. The van der Waals surface area contributed by atoms with Crippen molar-refractivity contribution in [2.24, 2.45) is 0 Å². The number of aliphatic hydroxyl groups excluding tert-OH is 5. The highest BCUT2D eigenvalue weighted by Crippen LogP contribution is 2.23. The Bertz CT molecular complexity index is 1860. The van der Waals surface area contributed by atoms with E-state index in [9.17, 15) is 30.3 Å². The topological polar surface area (TPSA) is 149 Å². The molecule has 0 aromatic rings. The van der Waals surface area contributed by atoms with E-state index in [4.69, 9.17) is 9.47 Å². The Labute approximate surface area is 541 Å². The van der Waals surface area contributed by atoms with Gasteiger partial charge in [0.2, 0.25) is 5.91 Å². The lowest BCUT2D eigenvalue weighted by Crippen LogP contribution is -2.60. The fourth-order valence-corrected chi connectivity index (χ4v) is 10.8. The zero-order valence-electron chi connectivity index (χ0n) is 56.4. The molecule has 1 amide bonds. The van der Waals surface area contributed by atoms with Gasteiger partial charge >= 0.3 is 0 Å². The molecule has 1 rings (SSSR count). The minimum absolute atomic E-state index is 0.193. The SMILES string of the molecule is CC/C=C\C/C=C\C/C=C\C/C=C\C/C=C\C/C=C\C/C=C\C/C=C\C/C=C\C/C=C\CCCCCCCCC(=O)NC(COC1OC(CO)C(O)C(O)C1O)C(O)/C=C/CCCCCCCCCCCCCCCCCCCCCCCCCCCC. The monoisotopic (exact) mass is 1230 g/mol. The van der Waals surface area contributed by atoms with Gasteiger partial charge in [-0.2, -0.15) is 0 Å². The average Bonchev–Trinajstić information content (AvgIpc) is 3.29. The molecule has 7 unspecified atom stereocenters. The van der Waals surface area contributed by atoms with Gasteiger partial charge in [-0.15, -0.1) is 0 Å². The first-order valence-corrected chi connectivity index (χ1v) is 36.4. The highest BCUT2D eigenvalue weighted by Gasteiger charge is 2.44. The summed E-state index contributed by atoms with van der Waals surface area (Å²) in [6, 6.07) is -0.825. The Morgan fingerprint density at radius 3 is 1.05 bits per heavy atom. The van der Waals surface area contributed by atoms with Crippen LogP contribution in [0.4, 0.5) is 0 Å². The highest BCUT2D eigenvalue weighted by atomic mass is 16.7. The summed E-state index contributed by atoms with van der Waals surface area (Å²) in [7, 11) is 0. The minimum Gasteiger partial charge on any atom is -0.394 e. The molecule has 0 radical (unpaired) electrons. The molecule has 1 saturated heterocycles. The van der Waals surface area contributed by atoms with Crippen molar-refractivity contribution < 1.29 is 39.8 Å². The molecule has 1 heterocycles. The molecule has 6 N–H and O–H groups in total. The van der Waals surface area contributed by atoms with Crippen molar-refractivity contribution in [3.8, 4) is 0 Å². The van der Waals surface area contributed by atoms with Crippen LogP contribution in [-0.4, -0.2) is 87.5 Å². The van der Waals surface area contributed by atoms with E-state index in [1.165, 1.54) is 154 Å². The van der Waals surface area contributed by atoms with Crippen molar-refractivity contribution in [3.63, 3.8) is 0 Å². The molecular formula is C79H135NO8. The maximum absolute atomic E-state index is 13.1. The Morgan fingerprint density at radius 2 is 0.705 bits per heavy atom. The number of carbonyl (C=O) groups excluding carboxylic acids is 1. The predicted octanol–water partition coefficient (Wildman–Crippen LogP) is 20.4. The number of amides is 1. The van der Waals surface area contributed by atoms with E-state index < -0.39 is 49.5 Å². The third-order valence-corrected chi connectivity index (χ3v) is 16.5. The summed E-state index contributed by atoms with van der Waals surface area (Å²) in [5, 5.41) is 54.8. The summed E-state index contributed by atoms with van der Waals surface area (Å²) < 4.78 is 11.3. The number of hydrogen-bond acceptors (Lipinski definition) is 8. The van der Waals surface area contributed by atoms with E-state index in [1.54, 1.807) is 6.08 Å². The van der Waals surface area contributed by atoms with Crippen LogP contribution in [0.25, 0.3) is 0 Å². The number of allylic oxidation sites excluding steroid dienone is 21. The van der Waals surface area contributed by atoms with Gasteiger partial charge in [-0.3, -0.25) is 4.79 Å². The second kappa shape index (κ2) is 66.3. The second-order valence-electron chi connectivity index (χ2n) is 24.7. The van der Waals surface area contributed by atoms with Gasteiger partial charge in [0, 0.05) is 6.42 Å². The van der Waals surface area contributed by atoms with Crippen LogP contribution >= 0.6 is 0 Å². The van der Waals surface area contributed by atoms with Gasteiger partial charge in [-0.05, 0) is 96.3 Å². The molecule has 0 spiro atoms. The summed E-state index contributed by atoms with van der Waals surface area (Å²) in [4.78, 5) is 13.1. The Kier molecular flexibility index (Phi) is 62.0. The zero-order chi connectivity index (χ0) is 63.5. The van der Waals surface area contributed by atoms with Crippen LogP contribution in [0, 0.1) is 0 Å². The first-order chi connectivity index (χ1) is 43.3. The maximum atomic E-state index is 13.1. The molecule has 0 aromatic carbocycles. The van der Waals surface area contributed by atoms with Crippen LogP contribution in [0.5, 0.6) is 0 Å². The lowest BCUT2D eigenvalue weighted by Gasteiger charge is -2.40. The summed E-state index contributed by atoms with van der Waals surface area (Å²) in [5.74, 6) is -0.193. The van der Waals surface area contributed by atoms with Crippen LogP contribution in [0.15, 0.2) is 134 Å². The maximum Gasteiger partial charge on any atom is 0.220 e. The predicted molar refractivity (Wildman–Crippen MR) is 377 cm³/mol. The van der Waals surface area contributed by atoms with Crippen molar-refractivity contribution >= 4 is 5.91 Å². The van der Waals surface area contributed by atoms with E-state index in [0.717, 1.165) is 128 Å². The molecule has 9 heteroatoms. The molecule has 9 nitrogen and oxygen atoms in total. The number of unbranched alkanes of at least 4 members (excludes halogenated alkanes) is 32. The van der Waals surface area contributed by atoms with Crippen LogP contribution < -0.4 is 5.32 Å². The van der Waals surface area contributed by atoms with E-state index in [0.29, 0.717) is 6.42 Å². The quantitative estimate of drug-likeness (QED) is 0.0261. The summed E-state index contributed by atoms with van der Waals surface area (Å²) in [5.41, 5.74) is 0. The van der Waals surface area contributed by atoms with Crippen molar-refractivity contribution in [2.75, 3.05) is 13.2 Å². The van der Waals surface area contributed by atoms with Crippen molar-refractivity contribution in [2.45, 2.75) is 346 Å². The Balaban J connectivity index is 2.17. The van der Waals surface area contributed by atoms with Crippen LogP contribution in [0.1, 0.15) is 303 Å². The number of hydrogen-bond donors (Lipinski definition) is 6. The van der Waals surface area contributed by atoms with Gasteiger partial charge in [-0.25, -0.2) is 0 Å². The second-order valence-corrected chi connectivity index (χ2v) is 24.7. The van der Waals surface area contributed by atoms with E-state index >= 15 is 0 Å². The van der Waals surface area contributed by atoms with E-state index in [2.05, 4.69) is 141 Å². The molecule has 1 aliphatic rings. The number of aliphatic hydroxyl groups is 5. The summed E-state index contributed by atoms with van der Waals surface area (Å²) in [6.45, 7) is 3.68. The average molecular weight is 1230 g/mol. The van der Waals surface area contributed by atoms with Crippen LogP contribution in [0.2, 0.25) is 0 Å². The molecular weight excluding hydrogens is 1090 g/mol. The summed E-state index contributed by atoms with van der Waals surface area (Å²) >= 11 is 0. The summed E-state index contributed by atoms with van der Waals surface area (Å²) in [6.07, 6.45) is 94.1. The van der Waals surface area contributed by atoms with Crippen LogP contribution in [-0.2, 0) is 14.3 Å². The van der Waals surface area contributed by atoms with E-state index in [1.807, 2.05) is 6.08 Å². The molecule has 0 aliphatic carbocycles. The van der Waals surface area contributed by atoms with E-state index in [-0.39, 0.29) is 12.5 Å². The smallest absolute Gasteiger partial charge is 0.220 e. The fraction of sp³-hybridized carbons (Fsp3) is 0.709. The van der Waals surface area contributed by atoms with Crippen molar-refractivity contribution in [1.82, 2.24) is 5.32 Å².